The zero-order chi connectivity index (χ0) is 34.3. The molecule has 0 spiro atoms. The van der Waals surface area contributed by atoms with E-state index in [1.165, 1.54) is 22.5 Å². The van der Waals surface area contributed by atoms with Gasteiger partial charge in [-0.25, -0.2) is 13.2 Å². The van der Waals surface area contributed by atoms with Gasteiger partial charge in [0.25, 0.3) is 0 Å². The lowest BCUT2D eigenvalue weighted by molar-refractivity contribution is -0.123. The molecule has 5 rings (SSSR count). The summed E-state index contributed by atoms with van der Waals surface area (Å²) < 4.78 is 57.3. The second kappa shape index (κ2) is 15.8. The van der Waals surface area contributed by atoms with Crippen molar-refractivity contribution in [3.8, 4) is 11.5 Å². The first-order chi connectivity index (χ1) is 22.9. The number of hydrogen-bond donors (Lipinski definition) is 4. The van der Waals surface area contributed by atoms with Gasteiger partial charge < -0.3 is 44.5 Å². The zero-order valence-electron chi connectivity index (χ0n) is 27.2. The maximum absolute atomic E-state index is 14.2. The zero-order valence-corrected chi connectivity index (χ0v) is 28.0. The van der Waals surface area contributed by atoms with Crippen LogP contribution in [0.3, 0.4) is 0 Å². The predicted molar refractivity (Wildman–Crippen MR) is 172 cm³/mol. The van der Waals surface area contributed by atoms with Gasteiger partial charge in [0.2, 0.25) is 22.7 Å². The van der Waals surface area contributed by atoms with Crippen molar-refractivity contribution in [2.24, 2.45) is 11.3 Å². The summed E-state index contributed by atoms with van der Waals surface area (Å²) in [6.45, 7) is 3.87. The summed E-state index contributed by atoms with van der Waals surface area (Å²) in [6, 6.07) is 12.7. The number of aliphatic hydroxyl groups excluding tert-OH is 2. The molecular formula is C33H45N3O11S. The Morgan fingerprint density at radius 2 is 1.88 bits per heavy atom. The van der Waals surface area contributed by atoms with Crippen molar-refractivity contribution >= 4 is 22.0 Å². The van der Waals surface area contributed by atoms with Crippen molar-refractivity contribution in [1.29, 1.82) is 0 Å². The Balaban J connectivity index is 1.35. The summed E-state index contributed by atoms with van der Waals surface area (Å²) in [5.74, 6) is 0.164. The standard InChI is InChI=1S/C33H45N3O11S/c1-33(2,12-6-13-34-30(39)18-37)20-36(48(41,42)23-9-10-27-28(16-23)46-21-45-27)17-26(38)25(15-22-7-4-3-5-8-22)35-32(40)47-29-19-44-31-24(29)11-14-43-31/h3-5,7-10,16,24-26,29,31,37-38H,6,11-15,17-21H2,1-2H3,(H,34,39)(H,35,40)/t24-,25-,26+,29-,31+/m0/s1. The van der Waals surface area contributed by atoms with Crippen molar-refractivity contribution in [1.82, 2.24) is 14.9 Å². The number of carbonyl (C=O) groups is 2. The SMILES string of the molecule is CC(C)(CCCNC(=O)CO)CN(C[C@@H](O)[C@H](Cc1ccccc1)NC(=O)O[C@H]1CO[C@H]2OCC[C@H]21)S(=O)(=O)c1ccc2c(c1)OCO2. The second-order valence-corrected chi connectivity index (χ2v) is 15.0. The molecule has 2 fully saturated rings. The summed E-state index contributed by atoms with van der Waals surface area (Å²) in [5.41, 5.74) is 0.224. The van der Waals surface area contributed by atoms with Crippen LogP contribution in [0, 0.1) is 11.3 Å². The monoisotopic (exact) mass is 691 g/mol. The topological polar surface area (TPSA) is 182 Å². The van der Waals surface area contributed by atoms with Crippen LogP contribution in [0.2, 0.25) is 0 Å². The Kier molecular flexibility index (Phi) is 11.8. The normalized spacial score (nSPS) is 21.5. The number of ether oxygens (including phenoxy) is 5. The first kappa shape index (κ1) is 35.8. The Labute approximate surface area is 280 Å². The highest BCUT2D eigenvalue weighted by molar-refractivity contribution is 7.89. The molecule has 0 radical (unpaired) electrons. The minimum Gasteiger partial charge on any atom is -0.454 e. The van der Waals surface area contributed by atoms with Crippen molar-refractivity contribution < 1.29 is 51.9 Å². The Morgan fingerprint density at radius 1 is 1.10 bits per heavy atom. The molecule has 2 aromatic carbocycles. The summed E-state index contributed by atoms with van der Waals surface area (Å²) in [6.07, 6.45) is -1.03. The number of rotatable bonds is 16. The molecule has 48 heavy (non-hydrogen) atoms. The first-order valence-corrected chi connectivity index (χ1v) is 17.6. The molecule has 2 amide bonds. The van der Waals surface area contributed by atoms with E-state index >= 15 is 0 Å². The van der Waals surface area contributed by atoms with Crippen LogP contribution in [0.5, 0.6) is 11.5 Å². The molecule has 3 aliphatic heterocycles. The number of hydrogen-bond acceptors (Lipinski definition) is 11. The van der Waals surface area contributed by atoms with Crippen LogP contribution < -0.4 is 20.1 Å². The third kappa shape index (κ3) is 9.15. The average Bonchev–Trinajstić information content (AvgIpc) is 3.81. The molecule has 14 nitrogen and oxygen atoms in total. The van der Waals surface area contributed by atoms with E-state index in [1.54, 1.807) is 0 Å². The number of carbonyl (C=O) groups excluding carboxylic acids is 2. The van der Waals surface area contributed by atoms with E-state index in [0.29, 0.717) is 43.9 Å². The van der Waals surface area contributed by atoms with E-state index in [-0.39, 0.29) is 43.7 Å². The van der Waals surface area contributed by atoms with E-state index in [0.717, 1.165) is 5.56 Å². The van der Waals surface area contributed by atoms with Gasteiger partial charge in [0, 0.05) is 25.7 Å². The van der Waals surface area contributed by atoms with Crippen LogP contribution in [0.1, 0.15) is 38.7 Å². The van der Waals surface area contributed by atoms with Gasteiger partial charge in [-0.2, -0.15) is 4.31 Å². The summed E-state index contributed by atoms with van der Waals surface area (Å²) in [7, 11) is -4.20. The molecule has 15 heteroatoms. The van der Waals surface area contributed by atoms with Gasteiger partial charge >= 0.3 is 6.09 Å². The maximum atomic E-state index is 14.2. The fourth-order valence-electron chi connectivity index (χ4n) is 6.20. The number of nitrogens with zero attached hydrogens (tertiary/aromatic N) is 1. The van der Waals surface area contributed by atoms with Gasteiger partial charge in [0.15, 0.2) is 17.8 Å². The smallest absolute Gasteiger partial charge is 0.407 e. The number of sulfonamides is 1. The summed E-state index contributed by atoms with van der Waals surface area (Å²) in [4.78, 5) is 24.6. The molecule has 0 aliphatic carbocycles. The minimum atomic E-state index is -4.20. The lowest BCUT2D eigenvalue weighted by Crippen LogP contribution is -2.52. The van der Waals surface area contributed by atoms with Gasteiger partial charge in [0.1, 0.15) is 12.7 Å². The number of aliphatic hydroxyl groups is 2. The van der Waals surface area contributed by atoms with E-state index in [1.807, 2.05) is 44.2 Å². The fraction of sp³-hybridized carbons (Fsp3) is 0.576. The Bertz CT molecular complexity index is 1510. The van der Waals surface area contributed by atoms with Gasteiger partial charge in [-0.3, -0.25) is 4.79 Å². The van der Waals surface area contributed by atoms with Gasteiger partial charge in [-0.05, 0) is 48.8 Å². The lowest BCUT2D eigenvalue weighted by Gasteiger charge is -2.35. The van der Waals surface area contributed by atoms with Gasteiger partial charge in [-0.1, -0.05) is 44.2 Å². The summed E-state index contributed by atoms with van der Waals surface area (Å²) in [5, 5.41) is 26.1. The molecule has 0 aromatic heterocycles. The molecule has 0 saturated carbocycles. The molecular weight excluding hydrogens is 646 g/mol. The van der Waals surface area contributed by atoms with Gasteiger partial charge in [-0.15, -0.1) is 0 Å². The average molecular weight is 692 g/mol. The largest absolute Gasteiger partial charge is 0.454 e. The van der Waals surface area contributed by atoms with Crippen LogP contribution in [0.4, 0.5) is 4.79 Å². The lowest BCUT2D eigenvalue weighted by atomic mass is 9.87. The van der Waals surface area contributed by atoms with Crippen LogP contribution in [0.25, 0.3) is 0 Å². The van der Waals surface area contributed by atoms with Crippen LogP contribution >= 0.6 is 0 Å². The number of benzene rings is 2. The van der Waals surface area contributed by atoms with Crippen LogP contribution in [-0.4, -0.2) is 106 Å². The van der Waals surface area contributed by atoms with E-state index in [9.17, 15) is 23.1 Å². The molecule has 2 saturated heterocycles. The number of alkyl carbamates (subject to hydrolysis) is 1. The first-order valence-electron chi connectivity index (χ1n) is 16.1. The van der Waals surface area contributed by atoms with Crippen LogP contribution in [0.15, 0.2) is 53.4 Å². The fourth-order valence-corrected chi connectivity index (χ4v) is 7.86. The van der Waals surface area contributed by atoms with Crippen molar-refractivity contribution in [2.45, 2.75) is 69.0 Å². The predicted octanol–water partition coefficient (Wildman–Crippen LogP) is 1.78. The third-order valence-electron chi connectivity index (χ3n) is 8.78. The van der Waals surface area contributed by atoms with Gasteiger partial charge in [0.05, 0.1) is 36.2 Å². The summed E-state index contributed by atoms with van der Waals surface area (Å²) >= 11 is 0. The van der Waals surface area contributed by atoms with E-state index in [4.69, 9.17) is 28.8 Å². The van der Waals surface area contributed by atoms with Crippen molar-refractivity contribution in [3.63, 3.8) is 0 Å². The molecule has 264 valence electrons. The van der Waals surface area contributed by atoms with Crippen molar-refractivity contribution in [2.75, 3.05) is 46.2 Å². The number of amides is 2. The highest BCUT2D eigenvalue weighted by Gasteiger charge is 2.44. The Hall–Kier alpha value is -3.47. The van der Waals surface area contributed by atoms with E-state index < -0.39 is 58.6 Å². The molecule has 0 unspecified atom stereocenters. The molecule has 0 bridgehead atoms. The number of fused-ring (bicyclic) bond motifs is 2. The highest BCUT2D eigenvalue weighted by Crippen LogP contribution is 2.36. The minimum absolute atomic E-state index is 0.0137. The van der Waals surface area contributed by atoms with E-state index in [2.05, 4.69) is 10.6 Å². The Morgan fingerprint density at radius 3 is 2.65 bits per heavy atom. The molecule has 4 N–H and O–H groups in total. The van der Waals surface area contributed by atoms with Crippen molar-refractivity contribution in [3.05, 3.63) is 54.1 Å². The quantitative estimate of drug-likeness (QED) is 0.188. The second-order valence-electron chi connectivity index (χ2n) is 13.1. The van der Waals surface area contributed by atoms with Crippen LogP contribution in [-0.2, 0) is 35.4 Å². The molecule has 2 aromatic rings. The maximum Gasteiger partial charge on any atom is 0.407 e. The molecule has 3 aliphatic rings. The number of nitrogens with one attached hydrogen (secondary N) is 2. The molecule has 5 atom stereocenters. The third-order valence-corrected chi connectivity index (χ3v) is 10.6. The molecule has 3 heterocycles. The highest BCUT2D eigenvalue weighted by atomic mass is 32.2.